The second kappa shape index (κ2) is 5.23. The molecular formula is C14H11NO4S2-2. The van der Waals surface area contributed by atoms with Crippen molar-refractivity contribution < 1.29 is 18.6 Å². The Kier molecular flexibility index (Phi) is 3.54. The third-order valence-electron chi connectivity index (χ3n) is 3.42. The molecule has 110 valence electrons. The highest BCUT2D eigenvalue weighted by atomic mass is 32.2. The highest BCUT2D eigenvalue weighted by Crippen LogP contribution is 2.29. The topological polar surface area (TPSA) is 92.6 Å². The molecule has 0 fully saturated rings. The van der Waals surface area contributed by atoms with Crippen molar-refractivity contribution >= 4 is 27.5 Å². The summed E-state index contributed by atoms with van der Waals surface area (Å²) in [6.45, 7) is 0. The van der Waals surface area contributed by atoms with E-state index < -0.39 is 16.0 Å². The molecule has 1 aromatic carbocycles. The molecule has 3 rings (SSSR count). The number of rotatable bonds is 2. The molecule has 0 radical (unpaired) electrons. The summed E-state index contributed by atoms with van der Waals surface area (Å²) < 4.78 is 28.2. The van der Waals surface area contributed by atoms with Crippen molar-refractivity contribution in [3.63, 3.8) is 0 Å². The number of nitrogens with zero attached hydrogens (tertiary/aromatic N) is 1. The standard InChI is InChI=1S/C14H13NO4S2/c16-14(17)13-12(6-7-20-13)15-21(18,19)11-5-4-9-2-1-3-10(9)8-11/h4-8,16-17H,1-3H2/p-2/b15-12+. The van der Waals surface area contributed by atoms with Gasteiger partial charge in [-0.25, -0.2) is 0 Å². The van der Waals surface area contributed by atoms with Crippen LogP contribution in [0, 0.1) is 0 Å². The Balaban J connectivity index is 2.02. The highest BCUT2D eigenvalue weighted by Gasteiger charge is 2.20. The molecule has 0 N–H and O–H groups in total. The Hall–Kier alpha value is -1.73. The van der Waals surface area contributed by atoms with Gasteiger partial charge in [0.05, 0.1) is 10.6 Å². The molecule has 1 aliphatic carbocycles. The van der Waals surface area contributed by atoms with Crippen molar-refractivity contribution in [2.24, 2.45) is 4.40 Å². The molecule has 0 aromatic heterocycles. The van der Waals surface area contributed by atoms with Gasteiger partial charge in [-0.15, -0.1) is 0 Å². The maximum Gasteiger partial charge on any atom is 0.282 e. The summed E-state index contributed by atoms with van der Waals surface area (Å²) >= 11 is 0.893. The summed E-state index contributed by atoms with van der Waals surface area (Å²) in [4.78, 5) is -0.0848. The maximum atomic E-state index is 12.3. The molecule has 0 amide bonds. The minimum atomic E-state index is -3.92. The number of hydrogen-bond donors (Lipinski definition) is 0. The Morgan fingerprint density at radius 1 is 1.19 bits per heavy atom. The van der Waals surface area contributed by atoms with Crippen molar-refractivity contribution in [3.8, 4) is 0 Å². The molecule has 0 saturated heterocycles. The Morgan fingerprint density at radius 3 is 2.71 bits per heavy atom. The van der Waals surface area contributed by atoms with Gasteiger partial charge in [0.2, 0.25) is 0 Å². The van der Waals surface area contributed by atoms with E-state index in [2.05, 4.69) is 4.40 Å². The molecule has 1 aliphatic heterocycles. The van der Waals surface area contributed by atoms with E-state index in [1.54, 1.807) is 12.1 Å². The number of thioether (sulfide) groups is 1. The first-order valence-electron chi connectivity index (χ1n) is 6.36. The van der Waals surface area contributed by atoms with Crippen molar-refractivity contribution in [2.45, 2.75) is 24.2 Å². The van der Waals surface area contributed by atoms with Gasteiger partial charge in [0.15, 0.2) is 0 Å². The van der Waals surface area contributed by atoms with E-state index in [-0.39, 0.29) is 15.5 Å². The Bertz CT molecular complexity index is 787. The van der Waals surface area contributed by atoms with Gasteiger partial charge in [0, 0.05) is 4.91 Å². The normalized spacial score (nSPS) is 19.2. The minimum absolute atomic E-state index is 0.0829. The van der Waals surface area contributed by atoms with Crippen molar-refractivity contribution in [2.75, 3.05) is 0 Å². The lowest BCUT2D eigenvalue weighted by molar-refractivity contribution is -0.513. The van der Waals surface area contributed by atoms with Gasteiger partial charge in [0.1, 0.15) is 0 Å². The molecule has 0 spiro atoms. The highest BCUT2D eigenvalue weighted by molar-refractivity contribution is 8.07. The van der Waals surface area contributed by atoms with Crippen molar-refractivity contribution in [1.82, 2.24) is 0 Å². The second-order valence-corrected chi connectivity index (χ2v) is 7.29. The largest absolute Gasteiger partial charge is 0.883 e. The van der Waals surface area contributed by atoms with E-state index in [9.17, 15) is 18.6 Å². The molecular weight excluding hydrogens is 310 g/mol. The summed E-state index contributed by atoms with van der Waals surface area (Å²) in [6, 6.07) is 4.96. The molecule has 1 heterocycles. The van der Waals surface area contributed by atoms with Crippen LogP contribution in [-0.4, -0.2) is 14.1 Å². The Labute approximate surface area is 126 Å². The fourth-order valence-electron chi connectivity index (χ4n) is 2.42. The van der Waals surface area contributed by atoms with Crippen LogP contribution in [0.2, 0.25) is 0 Å². The molecule has 7 heteroatoms. The van der Waals surface area contributed by atoms with E-state index in [0.717, 1.165) is 36.6 Å². The average Bonchev–Trinajstić information content (AvgIpc) is 3.05. The zero-order chi connectivity index (χ0) is 15.0. The van der Waals surface area contributed by atoms with Crippen LogP contribution < -0.4 is 10.2 Å². The quantitative estimate of drug-likeness (QED) is 0.738. The first-order chi connectivity index (χ1) is 9.97. The maximum absolute atomic E-state index is 12.3. The molecule has 0 unspecified atom stereocenters. The fourth-order valence-corrected chi connectivity index (χ4v) is 4.19. The van der Waals surface area contributed by atoms with Gasteiger partial charge >= 0.3 is 0 Å². The van der Waals surface area contributed by atoms with Crippen LogP contribution in [0.3, 0.4) is 0 Å². The van der Waals surface area contributed by atoms with Gasteiger partial charge < -0.3 is 10.2 Å². The lowest BCUT2D eigenvalue weighted by Gasteiger charge is -2.20. The van der Waals surface area contributed by atoms with Gasteiger partial charge in [-0.1, -0.05) is 17.8 Å². The molecule has 0 bridgehead atoms. The molecule has 2 aliphatic rings. The van der Waals surface area contributed by atoms with Crippen LogP contribution in [0.5, 0.6) is 0 Å². The van der Waals surface area contributed by atoms with Crippen molar-refractivity contribution in [1.29, 1.82) is 0 Å². The summed E-state index contributed by atoms with van der Waals surface area (Å²) in [7, 11) is -3.92. The molecule has 0 atom stereocenters. The van der Waals surface area contributed by atoms with Gasteiger partial charge in [-0.2, -0.15) is 18.8 Å². The lowest BCUT2D eigenvalue weighted by atomic mass is 10.1. The molecule has 0 saturated carbocycles. The average molecular weight is 321 g/mol. The first kappa shape index (κ1) is 14.2. The lowest BCUT2D eigenvalue weighted by Crippen LogP contribution is -2.22. The number of fused-ring (bicyclic) bond motifs is 1. The van der Waals surface area contributed by atoms with Crippen LogP contribution in [0.15, 0.2) is 49.8 Å². The van der Waals surface area contributed by atoms with E-state index in [4.69, 9.17) is 0 Å². The predicted octanol–water partition coefficient (Wildman–Crippen LogP) is 0.455. The predicted molar refractivity (Wildman–Crippen MR) is 76.8 cm³/mol. The molecule has 21 heavy (non-hydrogen) atoms. The van der Waals surface area contributed by atoms with E-state index in [1.165, 1.54) is 23.1 Å². The van der Waals surface area contributed by atoms with Gasteiger partial charge in [-0.05, 0) is 54.0 Å². The summed E-state index contributed by atoms with van der Waals surface area (Å²) in [5, 5.41) is 23.3. The number of benzene rings is 1. The number of sulfonamides is 1. The third-order valence-corrected chi connectivity index (χ3v) is 5.59. The summed E-state index contributed by atoms with van der Waals surface area (Å²) in [5.41, 5.74) is 2.11. The van der Waals surface area contributed by atoms with Gasteiger partial charge in [-0.3, -0.25) is 0 Å². The van der Waals surface area contributed by atoms with Gasteiger partial charge in [0.25, 0.3) is 10.0 Å². The van der Waals surface area contributed by atoms with Crippen LogP contribution in [-0.2, 0) is 22.9 Å². The minimum Gasteiger partial charge on any atom is -0.883 e. The van der Waals surface area contributed by atoms with E-state index >= 15 is 0 Å². The van der Waals surface area contributed by atoms with Crippen LogP contribution in [0.4, 0.5) is 0 Å². The molecule has 5 nitrogen and oxygen atoms in total. The smallest absolute Gasteiger partial charge is 0.282 e. The Morgan fingerprint density at radius 2 is 1.95 bits per heavy atom. The molecule has 1 aromatic rings. The van der Waals surface area contributed by atoms with Crippen molar-refractivity contribution in [3.05, 3.63) is 51.7 Å². The first-order valence-corrected chi connectivity index (χ1v) is 8.68. The number of hydrogen-bond acceptors (Lipinski definition) is 5. The SMILES string of the molecule is O=S(=O)(/N=C1\C=CSC1=C([O-])[O-])c1ccc2c(c1)CCC2. The summed E-state index contributed by atoms with van der Waals surface area (Å²) in [5.74, 6) is -1.42. The van der Waals surface area contributed by atoms with Crippen LogP contribution >= 0.6 is 11.8 Å². The number of allylic oxidation sites excluding steroid dienone is 2. The summed E-state index contributed by atoms with van der Waals surface area (Å²) in [6.07, 6.45) is 4.21. The zero-order valence-electron chi connectivity index (χ0n) is 10.9. The monoisotopic (exact) mass is 321 g/mol. The number of aryl methyl sites for hydroxylation is 2. The van der Waals surface area contributed by atoms with E-state index in [0.29, 0.717) is 0 Å². The fraction of sp³-hybridized carbons (Fsp3) is 0.214. The zero-order valence-corrected chi connectivity index (χ0v) is 12.5. The van der Waals surface area contributed by atoms with Crippen LogP contribution in [0.25, 0.3) is 0 Å². The third kappa shape index (κ3) is 2.71. The van der Waals surface area contributed by atoms with Crippen LogP contribution in [0.1, 0.15) is 17.5 Å². The van der Waals surface area contributed by atoms with E-state index in [1.807, 2.05) is 0 Å². The second-order valence-electron chi connectivity index (χ2n) is 4.77.